The summed E-state index contributed by atoms with van der Waals surface area (Å²) in [5, 5.41) is 0.750. The SMILES string of the molecule is CCN(Cc1ccncc1Cl)C[C@@H]1CCCCO1. The van der Waals surface area contributed by atoms with E-state index in [1.807, 2.05) is 6.07 Å². The second kappa shape index (κ2) is 7.07. The maximum Gasteiger partial charge on any atom is 0.0702 e. The van der Waals surface area contributed by atoms with Crippen molar-refractivity contribution < 1.29 is 4.74 Å². The fourth-order valence-electron chi connectivity index (χ4n) is 2.32. The topological polar surface area (TPSA) is 25.4 Å². The predicted octanol–water partition coefficient (Wildman–Crippen LogP) is 3.13. The zero-order chi connectivity index (χ0) is 12.8. The first kappa shape index (κ1) is 13.8. The molecule has 2 heterocycles. The molecular formula is C14H21ClN2O. The number of hydrogen-bond donors (Lipinski definition) is 0. The van der Waals surface area contributed by atoms with Gasteiger partial charge in [0.05, 0.1) is 11.1 Å². The Hall–Kier alpha value is -0.640. The van der Waals surface area contributed by atoms with Gasteiger partial charge < -0.3 is 4.74 Å². The fourth-order valence-corrected chi connectivity index (χ4v) is 2.50. The van der Waals surface area contributed by atoms with Crippen molar-refractivity contribution in [3.63, 3.8) is 0 Å². The van der Waals surface area contributed by atoms with Crippen molar-refractivity contribution in [3.05, 3.63) is 29.0 Å². The molecule has 0 spiro atoms. The number of rotatable bonds is 5. The molecule has 1 aliphatic heterocycles. The van der Waals surface area contributed by atoms with Crippen LogP contribution >= 0.6 is 11.6 Å². The molecule has 1 aromatic heterocycles. The number of pyridine rings is 1. The molecule has 18 heavy (non-hydrogen) atoms. The second-order valence-corrected chi connectivity index (χ2v) is 5.19. The van der Waals surface area contributed by atoms with Crippen LogP contribution in [0.25, 0.3) is 0 Å². The molecule has 1 aromatic rings. The summed E-state index contributed by atoms with van der Waals surface area (Å²) in [6.07, 6.45) is 7.57. The number of halogens is 1. The van der Waals surface area contributed by atoms with Crippen molar-refractivity contribution >= 4 is 11.6 Å². The Balaban J connectivity index is 1.90. The minimum atomic E-state index is 0.388. The highest BCUT2D eigenvalue weighted by Crippen LogP contribution is 2.18. The van der Waals surface area contributed by atoms with Crippen LogP contribution in [0, 0.1) is 0 Å². The molecule has 1 aliphatic rings. The van der Waals surface area contributed by atoms with Gasteiger partial charge in [-0.25, -0.2) is 0 Å². The lowest BCUT2D eigenvalue weighted by Crippen LogP contribution is -2.35. The molecule has 0 aliphatic carbocycles. The van der Waals surface area contributed by atoms with Crippen molar-refractivity contribution in [2.75, 3.05) is 19.7 Å². The zero-order valence-corrected chi connectivity index (χ0v) is 11.7. The van der Waals surface area contributed by atoms with Crippen LogP contribution < -0.4 is 0 Å². The summed E-state index contributed by atoms with van der Waals surface area (Å²) in [5.41, 5.74) is 1.14. The number of likely N-dealkylation sites (N-methyl/N-ethyl adjacent to an activating group) is 1. The third kappa shape index (κ3) is 3.94. The van der Waals surface area contributed by atoms with E-state index >= 15 is 0 Å². The van der Waals surface area contributed by atoms with Gasteiger partial charge in [0.15, 0.2) is 0 Å². The van der Waals surface area contributed by atoms with E-state index in [1.54, 1.807) is 12.4 Å². The Morgan fingerprint density at radius 1 is 1.50 bits per heavy atom. The monoisotopic (exact) mass is 268 g/mol. The molecule has 1 saturated heterocycles. The first-order valence-corrected chi connectivity index (χ1v) is 7.09. The van der Waals surface area contributed by atoms with Crippen molar-refractivity contribution in [3.8, 4) is 0 Å². The Morgan fingerprint density at radius 3 is 3.06 bits per heavy atom. The van der Waals surface area contributed by atoms with E-state index in [9.17, 15) is 0 Å². The summed E-state index contributed by atoms with van der Waals surface area (Å²) in [6, 6.07) is 1.99. The Morgan fingerprint density at radius 2 is 2.39 bits per heavy atom. The van der Waals surface area contributed by atoms with Gasteiger partial charge in [0.25, 0.3) is 0 Å². The lowest BCUT2D eigenvalue weighted by Gasteiger charge is -2.29. The smallest absolute Gasteiger partial charge is 0.0702 e. The molecule has 4 heteroatoms. The molecule has 0 bridgehead atoms. The molecule has 0 saturated carbocycles. The normalized spacial score (nSPS) is 20.3. The van der Waals surface area contributed by atoms with Crippen molar-refractivity contribution in [1.29, 1.82) is 0 Å². The van der Waals surface area contributed by atoms with E-state index in [0.717, 1.165) is 36.8 Å². The maximum atomic E-state index is 6.15. The quantitative estimate of drug-likeness (QED) is 0.820. The number of ether oxygens (including phenoxy) is 1. The molecule has 0 unspecified atom stereocenters. The minimum Gasteiger partial charge on any atom is -0.377 e. The lowest BCUT2D eigenvalue weighted by molar-refractivity contribution is -0.00623. The molecule has 1 atom stereocenters. The van der Waals surface area contributed by atoms with Gasteiger partial charge >= 0.3 is 0 Å². The van der Waals surface area contributed by atoms with Crippen molar-refractivity contribution in [1.82, 2.24) is 9.88 Å². The van der Waals surface area contributed by atoms with Gasteiger partial charge in [-0.2, -0.15) is 0 Å². The van der Waals surface area contributed by atoms with Crippen molar-refractivity contribution in [2.24, 2.45) is 0 Å². The minimum absolute atomic E-state index is 0.388. The molecule has 0 aromatic carbocycles. The van der Waals surface area contributed by atoms with E-state index in [-0.39, 0.29) is 0 Å². The third-order valence-corrected chi connectivity index (χ3v) is 3.77. The highest BCUT2D eigenvalue weighted by Gasteiger charge is 2.17. The average molecular weight is 269 g/mol. The van der Waals surface area contributed by atoms with Crippen LogP contribution in [0.1, 0.15) is 31.7 Å². The molecule has 3 nitrogen and oxygen atoms in total. The van der Waals surface area contributed by atoms with E-state index in [2.05, 4.69) is 16.8 Å². The van der Waals surface area contributed by atoms with Crippen LogP contribution in [0.15, 0.2) is 18.5 Å². The third-order valence-electron chi connectivity index (χ3n) is 3.43. The Kier molecular flexibility index (Phi) is 5.42. The molecule has 0 N–H and O–H groups in total. The Labute approximate surface area is 114 Å². The molecule has 2 rings (SSSR count). The van der Waals surface area contributed by atoms with Gasteiger partial charge in [0.1, 0.15) is 0 Å². The largest absolute Gasteiger partial charge is 0.377 e. The summed E-state index contributed by atoms with van der Waals surface area (Å²) in [4.78, 5) is 6.40. The first-order chi connectivity index (χ1) is 8.79. The zero-order valence-electron chi connectivity index (χ0n) is 10.9. The van der Waals surface area contributed by atoms with Gasteiger partial charge in [-0.3, -0.25) is 9.88 Å². The molecule has 1 fully saturated rings. The summed E-state index contributed by atoms with van der Waals surface area (Å²) in [7, 11) is 0. The standard InChI is InChI=1S/C14H21ClN2O/c1-2-17(11-13-5-3-4-8-18-13)10-12-6-7-16-9-14(12)15/h6-7,9,13H,2-5,8,10-11H2,1H3/t13-/m0/s1. The highest BCUT2D eigenvalue weighted by atomic mass is 35.5. The van der Waals surface area contributed by atoms with Crippen LogP contribution in [0.3, 0.4) is 0 Å². The molecule has 100 valence electrons. The summed E-state index contributed by atoms with van der Waals surface area (Å²) < 4.78 is 5.79. The Bertz CT molecular complexity index is 367. The number of nitrogens with zero attached hydrogens (tertiary/aromatic N) is 2. The molecule has 0 amide bonds. The van der Waals surface area contributed by atoms with Gasteiger partial charge in [-0.05, 0) is 37.4 Å². The molecular weight excluding hydrogens is 248 g/mol. The van der Waals surface area contributed by atoms with Gasteiger partial charge in [0.2, 0.25) is 0 Å². The highest BCUT2D eigenvalue weighted by molar-refractivity contribution is 6.31. The van der Waals surface area contributed by atoms with Crippen LogP contribution in [-0.2, 0) is 11.3 Å². The first-order valence-electron chi connectivity index (χ1n) is 6.72. The van der Waals surface area contributed by atoms with E-state index < -0.39 is 0 Å². The van der Waals surface area contributed by atoms with Crippen LogP contribution in [0.5, 0.6) is 0 Å². The predicted molar refractivity (Wildman–Crippen MR) is 73.8 cm³/mol. The fraction of sp³-hybridized carbons (Fsp3) is 0.643. The summed E-state index contributed by atoms with van der Waals surface area (Å²) in [6.45, 7) is 5.97. The van der Waals surface area contributed by atoms with E-state index in [0.29, 0.717) is 6.10 Å². The van der Waals surface area contributed by atoms with E-state index in [4.69, 9.17) is 16.3 Å². The maximum absolute atomic E-state index is 6.15. The van der Waals surface area contributed by atoms with Gasteiger partial charge in [-0.15, -0.1) is 0 Å². The second-order valence-electron chi connectivity index (χ2n) is 4.78. The number of hydrogen-bond acceptors (Lipinski definition) is 3. The van der Waals surface area contributed by atoms with Gasteiger partial charge in [-0.1, -0.05) is 18.5 Å². The van der Waals surface area contributed by atoms with E-state index in [1.165, 1.54) is 19.3 Å². The number of aromatic nitrogens is 1. The lowest BCUT2D eigenvalue weighted by atomic mass is 10.1. The summed E-state index contributed by atoms with van der Waals surface area (Å²) in [5.74, 6) is 0. The average Bonchev–Trinajstić information content (AvgIpc) is 2.41. The van der Waals surface area contributed by atoms with Crippen molar-refractivity contribution in [2.45, 2.75) is 38.8 Å². The summed E-state index contributed by atoms with van der Waals surface area (Å²) >= 11 is 6.15. The molecule has 0 radical (unpaired) electrons. The van der Waals surface area contributed by atoms with Crippen LogP contribution in [0.4, 0.5) is 0 Å². The van der Waals surface area contributed by atoms with Crippen LogP contribution in [-0.4, -0.2) is 35.7 Å². The van der Waals surface area contributed by atoms with Crippen LogP contribution in [0.2, 0.25) is 5.02 Å². The van der Waals surface area contributed by atoms with Gasteiger partial charge in [0, 0.05) is 32.1 Å².